The lowest BCUT2D eigenvalue weighted by Gasteiger charge is -2.20. The van der Waals surface area contributed by atoms with Crippen LogP contribution in [0, 0.1) is 13.8 Å². The molecule has 0 aliphatic carbocycles. The summed E-state index contributed by atoms with van der Waals surface area (Å²) in [6, 6.07) is 13.6. The summed E-state index contributed by atoms with van der Waals surface area (Å²) < 4.78 is 39.7. The molecule has 0 N–H and O–H groups in total. The van der Waals surface area contributed by atoms with E-state index in [1.165, 1.54) is 28.4 Å². The number of hydrogen-bond donors (Lipinski definition) is 0. The first-order chi connectivity index (χ1) is 14.7. The molecule has 0 radical (unpaired) electrons. The maximum atomic E-state index is 13.3. The fourth-order valence-corrected chi connectivity index (χ4v) is 4.33. The predicted octanol–water partition coefficient (Wildman–Crippen LogP) is 6.17. The Balaban J connectivity index is 1.76. The number of anilines is 1. The summed E-state index contributed by atoms with van der Waals surface area (Å²) in [7, 11) is 0. The van der Waals surface area contributed by atoms with Crippen LogP contribution >= 0.6 is 11.3 Å². The molecule has 0 saturated carbocycles. The number of amides is 1. The molecule has 0 spiro atoms. The van der Waals surface area contributed by atoms with Crippen molar-refractivity contribution in [3.05, 3.63) is 88.7 Å². The minimum absolute atomic E-state index is 0.149. The number of halogens is 3. The van der Waals surface area contributed by atoms with E-state index in [1.54, 1.807) is 18.3 Å². The van der Waals surface area contributed by atoms with Crippen molar-refractivity contribution in [3.63, 3.8) is 0 Å². The summed E-state index contributed by atoms with van der Waals surface area (Å²) in [4.78, 5) is 23.7. The van der Waals surface area contributed by atoms with E-state index in [1.807, 2.05) is 32.0 Å². The van der Waals surface area contributed by atoms with Crippen LogP contribution in [-0.2, 0) is 12.7 Å². The van der Waals surface area contributed by atoms with Gasteiger partial charge in [0.15, 0.2) is 5.13 Å². The van der Waals surface area contributed by atoms with Crippen LogP contribution in [-0.4, -0.2) is 15.9 Å². The second kappa shape index (κ2) is 8.11. The van der Waals surface area contributed by atoms with E-state index in [-0.39, 0.29) is 12.1 Å². The molecule has 0 atom stereocenters. The van der Waals surface area contributed by atoms with Gasteiger partial charge >= 0.3 is 6.18 Å². The van der Waals surface area contributed by atoms with Crippen LogP contribution in [0.15, 0.2) is 60.8 Å². The van der Waals surface area contributed by atoms with Gasteiger partial charge in [0.2, 0.25) is 0 Å². The summed E-state index contributed by atoms with van der Waals surface area (Å²) in [6.45, 7) is 4.11. The second-order valence-corrected chi connectivity index (χ2v) is 8.19. The second-order valence-electron chi connectivity index (χ2n) is 7.21. The molecule has 4 aromatic rings. The van der Waals surface area contributed by atoms with E-state index < -0.39 is 17.6 Å². The SMILES string of the molecule is Cc1cc(C)c2sc(N(Cc3ccccn3)C(=O)c3ccc(C(F)(F)F)cc3)nc2c1. The van der Waals surface area contributed by atoms with Gasteiger partial charge in [-0.3, -0.25) is 14.7 Å². The lowest BCUT2D eigenvalue weighted by atomic mass is 10.1. The van der Waals surface area contributed by atoms with Gasteiger partial charge in [-0.2, -0.15) is 13.2 Å². The third-order valence-electron chi connectivity index (χ3n) is 4.79. The van der Waals surface area contributed by atoms with Crippen LogP contribution in [0.3, 0.4) is 0 Å². The molecule has 0 fully saturated rings. The molecular formula is C23H18F3N3OS. The number of carbonyl (C=O) groups excluding carboxylic acids is 1. The number of rotatable bonds is 4. The molecular weight excluding hydrogens is 423 g/mol. The van der Waals surface area contributed by atoms with Gasteiger partial charge < -0.3 is 0 Å². The number of hydrogen-bond acceptors (Lipinski definition) is 4. The van der Waals surface area contributed by atoms with Crippen molar-refractivity contribution in [1.82, 2.24) is 9.97 Å². The number of alkyl halides is 3. The average Bonchev–Trinajstić information content (AvgIpc) is 3.16. The lowest BCUT2D eigenvalue weighted by molar-refractivity contribution is -0.137. The number of aromatic nitrogens is 2. The highest BCUT2D eigenvalue weighted by molar-refractivity contribution is 7.22. The molecule has 158 valence electrons. The highest BCUT2D eigenvalue weighted by atomic mass is 32.1. The molecule has 2 heterocycles. The summed E-state index contributed by atoms with van der Waals surface area (Å²) in [6.07, 6.45) is -2.83. The van der Waals surface area contributed by atoms with Crippen molar-refractivity contribution in [2.24, 2.45) is 0 Å². The topological polar surface area (TPSA) is 46.1 Å². The molecule has 0 bridgehead atoms. The minimum atomic E-state index is -4.46. The number of aryl methyl sites for hydroxylation is 2. The molecule has 2 aromatic heterocycles. The normalized spacial score (nSPS) is 11.6. The number of thiazole rings is 1. The van der Waals surface area contributed by atoms with Gasteiger partial charge in [-0.15, -0.1) is 0 Å². The van der Waals surface area contributed by atoms with E-state index in [0.29, 0.717) is 10.8 Å². The Hall–Kier alpha value is -3.26. The molecule has 1 amide bonds. The summed E-state index contributed by atoms with van der Waals surface area (Å²) in [5.41, 5.74) is 2.90. The Labute approximate surface area is 181 Å². The van der Waals surface area contributed by atoms with E-state index in [0.717, 1.165) is 33.5 Å². The molecule has 2 aromatic carbocycles. The summed E-state index contributed by atoms with van der Waals surface area (Å²) >= 11 is 1.38. The van der Waals surface area contributed by atoms with E-state index in [2.05, 4.69) is 9.97 Å². The van der Waals surface area contributed by atoms with E-state index >= 15 is 0 Å². The molecule has 0 aliphatic rings. The van der Waals surface area contributed by atoms with Gasteiger partial charge in [-0.25, -0.2) is 4.98 Å². The maximum Gasteiger partial charge on any atom is 0.416 e. The first-order valence-corrected chi connectivity index (χ1v) is 10.3. The fourth-order valence-electron chi connectivity index (χ4n) is 3.32. The van der Waals surface area contributed by atoms with E-state index in [4.69, 9.17) is 0 Å². The molecule has 0 aliphatic heterocycles. The maximum absolute atomic E-state index is 13.3. The quantitative estimate of drug-likeness (QED) is 0.380. The highest BCUT2D eigenvalue weighted by Gasteiger charge is 2.31. The molecule has 4 nitrogen and oxygen atoms in total. The van der Waals surface area contributed by atoms with E-state index in [9.17, 15) is 18.0 Å². The van der Waals surface area contributed by atoms with Gasteiger partial charge in [0.05, 0.1) is 28.0 Å². The zero-order valence-electron chi connectivity index (χ0n) is 16.8. The molecule has 0 unspecified atom stereocenters. The van der Waals surface area contributed by atoms with Crippen LogP contribution in [0.5, 0.6) is 0 Å². The number of benzene rings is 2. The van der Waals surface area contributed by atoms with Crippen molar-refractivity contribution in [1.29, 1.82) is 0 Å². The fraction of sp³-hybridized carbons (Fsp3) is 0.174. The van der Waals surface area contributed by atoms with Gasteiger partial charge in [0.1, 0.15) is 0 Å². The molecule has 8 heteroatoms. The number of nitrogens with zero attached hydrogens (tertiary/aromatic N) is 3. The van der Waals surface area contributed by atoms with Crippen molar-refractivity contribution >= 4 is 32.6 Å². The monoisotopic (exact) mass is 441 g/mol. The Bertz CT molecular complexity index is 1230. The third-order valence-corrected chi connectivity index (χ3v) is 6.02. The minimum Gasteiger partial charge on any atom is -0.278 e. The summed E-state index contributed by atoms with van der Waals surface area (Å²) in [5, 5.41) is 0.472. The van der Waals surface area contributed by atoms with Gasteiger partial charge in [-0.05, 0) is 67.4 Å². The Morgan fingerprint density at radius 1 is 1.06 bits per heavy atom. The molecule has 31 heavy (non-hydrogen) atoms. The summed E-state index contributed by atoms with van der Waals surface area (Å²) in [5.74, 6) is -0.437. The number of fused-ring (bicyclic) bond motifs is 1. The Morgan fingerprint density at radius 2 is 1.81 bits per heavy atom. The number of carbonyl (C=O) groups is 1. The first kappa shape index (κ1) is 21.0. The standard InChI is InChI=1S/C23H18F3N3OS/c1-14-11-15(2)20-19(12-14)28-22(31-20)29(13-18-5-3-4-10-27-18)21(30)16-6-8-17(9-7-16)23(24,25)26/h3-12H,13H2,1-2H3. The average molecular weight is 441 g/mol. The Morgan fingerprint density at radius 3 is 2.45 bits per heavy atom. The zero-order valence-corrected chi connectivity index (χ0v) is 17.6. The largest absolute Gasteiger partial charge is 0.416 e. The van der Waals surface area contributed by atoms with Crippen LogP contribution in [0.1, 0.15) is 32.7 Å². The van der Waals surface area contributed by atoms with Crippen molar-refractivity contribution in [3.8, 4) is 0 Å². The van der Waals surface area contributed by atoms with Crippen molar-refractivity contribution in [2.45, 2.75) is 26.6 Å². The van der Waals surface area contributed by atoms with Crippen LogP contribution in [0.2, 0.25) is 0 Å². The first-order valence-electron chi connectivity index (χ1n) is 9.49. The third kappa shape index (κ3) is 4.44. The molecule has 0 saturated heterocycles. The predicted molar refractivity (Wildman–Crippen MR) is 115 cm³/mol. The lowest BCUT2D eigenvalue weighted by Crippen LogP contribution is -2.30. The smallest absolute Gasteiger partial charge is 0.278 e. The number of pyridine rings is 1. The Kier molecular flexibility index (Phi) is 5.49. The zero-order chi connectivity index (χ0) is 22.2. The van der Waals surface area contributed by atoms with Crippen molar-refractivity contribution < 1.29 is 18.0 Å². The van der Waals surface area contributed by atoms with Crippen molar-refractivity contribution in [2.75, 3.05) is 4.90 Å². The van der Waals surface area contributed by atoms with Gasteiger partial charge in [0.25, 0.3) is 5.91 Å². The van der Waals surface area contributed by atoms with Gasteiger partial charge in [0, 0.05) is 11.8 Å². The highest BCUT2D eigenvalue weighted by Crippen LogP contribution is 2.34. The van der Waals surface area contributed by atoms with Crippen LogP contribution < -0.4 is 4.90 Å². The van der Waals surface area contributed by atoms with Crippen LogP contribution in [0.25, 0.3) is 10.2 Å². The molecule has 4 rings (SSSR count). The van der Waals surface area contributed by atoms with Gasteiger partial charge in [-0.1, -0.05) is 23.5 Å². The van der Waals surface area contributed by atoms with Crippen LogP contribution in [0.4, 0.5) is 18.3 Å².